The summed E-state index contributed by atoms with van der Waals surface area (Å²) in [5.74, 6) is 2.22. The van der Waals surface area contributed by atoms with Gasteiger partial charge in [-0.3, -0.25) is 14.3 Å². The third-order valence-electron chi connectivity index (χ3n) is 5.76. The molecule has 0 N–H and O–H groups in total. The normalized spacial score (nSPS) is 16.3. The molecule has 1 aliphatic rings. The molecule has 0 unspecified atom stereocenters. The highest BCUT2D eigenvalue weighted by molar-refractivity contribution is 5.77. The quantitative estimate of drug-likeness (QED) is 0.709. The number of piperidine rings is 1. The Morgan fingerprint density at radius 3 is 2.59 bits per heavy atom. The van der Waals surface area contributed by atoms with Crippen LogP contribution in [0.25, 0.3) is 10.9 Å². The average Bonchev–Trinajstić information content (AvgIpc) is 2.98. The number of benzene rings is 1. The zero-order valence-corrected chi connectivity index (χ0v) is 16.2. The first kappa shape index (κ1) is 17.9. The van der Waals surface area contributed by atoms with Crippen LogP contribution in [0.2, 0.25) is 0 Å². The number of aryl methyl sites for hydroxylation is 3. The highest BCUT2D eigenvalue weighted by Crippen LogP contribution is 2.23. The summed E-state index contributed by atoms with van der Waals surface area (Å²) in [6, 6.07) is 7.60. The van der Waals surface area contributed by atoms with Crippen molar-refractivity contribution in [2.45, 2.75) is 46.7 Å². The standard InChI is InChI=1S/C21H26N4O2/c1-14-19(15(2)27-23-14)13-24-10-8-17(9-11-24)12-25-16(3)22-20-7-5-4-6-18(20)21(25)26/h4-7,17H,8-13H2,1-3H3. The van der Waals surface area contributed by atoms with Gasteiger partial charge < -0.3 is 4.52 Å². The molecule has 0 saturated carbocycles. The Hall–Kier alpha value is -2.47. The molecule has 6 heteroatoms. The van der Waals surface area contributed by atoms with Gasteiger partial charge in [0, 0.05) is 18.7 Å². The first-order valence-electron chi connectivity index (χ1n) is 9.63. The van der Waals surface area contributed by atoms with Gasteiger partial charge >= 0.3 is 0 Å². The minimum Gasteiger partial charge on any atom is -0.361 e. The van der Waals surface area contributed by atoms with Crippen molar-refractivity contribution in [3.05, 3.63) is 57.5 Å². The van der Waals surface area contributed by atoms with Crippen molar-refractivity contribution in [3.8, 4) is 0 Å². The minimum absolute atomic E-state index is 0.0799. The highest BCUT2D eigenvalue weighted by Gasteiger charge is 2.23. The number of fused-ring (bicyclic) bond motifs is 1. The smallest absolute Gasteiger partial charge is 0.261 e. The Morgan fingerprint density at radius 2 is 1.89 bits per heavy atom. The summed E-state index contributed by atoms with van der Waals surface area (Å²) in [4.78, 5) is 19.9. The molecular formula is C21H26N4O2. The molecule has 27 heavy (non-hydrogen) atoms. The molecule has 0 atom stereocenters. The molecule has 1 aliphatic heterocycles. The first-order chi connectivity index (χ1) is 13.0. The lowest BCUT2D eigenvalue weighted by molar-refractivity contribution is 0.165. The van der Waals surface area contributed by atoms with E-state index < -0.39 is 0 Å². The molecule has 3 heterocycles. The van der Waals surface area contributed by atoms with Crippen molar-refractivity contribution in [1.82, 2.24) is 19.6 Å². The van der Waals surface area contributed by atoms with Gasteiger partial charge in [-0.2, -0.15) is 0 Å². The van der Waals surface area contributed by atoms with E-state index in [9.17, 15) is 4.79 Å². The second-order valence-corrected chi connectivity index (χ2v) is 7.61. The van der Waals surface area contributed by atoms with Crippen molar-refractivity contribution in [3.63, 3.8) is 0 Å². The summed E-state index contributed by atoms with van der Waals surface area (Å²) in [6.07, 6.45) is 2.17. The molecule has 0 amide bonds. The summed E-state index contributed by atoms with van der Waals surface area (Å²) in [5.41, 5.74) is 3.06. The van der Waals surface area contributed by atoms with E-state index in [4.69, 9.17) is 4.52 Å². The number of hydrogen-bond acceptors (Lipinski definition) is 5. The van der Waals surface area contributed by atoms with E-state index in [0.717, 1.165) is 61.8 Å². The lowest BCUT2D eigenvalue weighted by Gasteiger charge is -2.32. The SMILES string of the molecule is Cc1noc(C)c1CN1CCC(Cn2c(C)nc3ccccc3c2=O)CC1. The van der Waals surface area contributed by atoms with Crippen LogP contribution >= 0.6 is 0 Å². The van der Waals surface area contributed by atoms with Crippen LogP contribution in [0.5, 0.6) is 0 Å². The molecule has 0 aliphatic carbocycles. The van der Waals surface area contributed by atoms with E-state index in [-0.39, 0.29) is 5.56 Å². The fourth-order valence-electron chi connectivity index (χ4n) is 4.03. The van der Waals surface area contributed by atoms with Gasteiger partial charge in [0.25, 0.3) is 5.56 Å². The lowest BCUT2D eigenvalue weighted by Crippen LogP contribution is -2.36. The van der Waals surface area contributed by atoms with Gasteiger partial charge in [-0.15, -0.1) is 0 Å². The molecule has 0 spiro atoms. The predicted octanol–water partition coefficient (Wildman–Crippen LogP) is 3.22. The van der Waals surface area contributed by atoms with E-state index in [0.29, 0.717) is 11.3 Å². The maximum Gasteiger partial charge on any atom is 0.261 e. The van der Waals surface area contributed by atoms with Gasteiger partial charge in [0.15, 0.2) is 0 Å². The van der Waals surface area contributed by atoms with Crippen LogP contribution < -0.4 is 5.56 Å². The lowest BCUT2D eigenvalue weighted by atomic mass is 9.96. The largest absolute Gasteiger partial charge is 0.361 e. The van der Waals surface area contributed by atoms with Crippen LogP contribution in [-0.2, 0) is 13.1 Å². The molecule has 4 rings (SSSR count). The predicted molar refractivity (Wildman–Crippen MR) is 105 cm³/mol. The Balaban J connectivity index is 1.44. The van der Waals surface area contributed by atoms with Gasteiger partial charge in [0.05, 0.1) is 16.6 Å². The second-order valence-electron chi connectivity index (χ2n) is 7.61. The molecule has 3 aromatic rings. The second kappa shape index (κ2) is 7.27. The van der Waals surface area contributed by atoms with E-state index in [1.165, 1.54) is 5.56 Å². The maximum atomic E-state index is 12.9. The number of hydrogen-bond donors (Lipinski definition) is 0. The minimum atomic E-state index is 0.0799. The third-order valence-corrected chi connectivity index (χ3v) is 5.76. The van der Waals surface area contributed by atoms with E-state index >= 15 is 0 Å². The van der Waals surface area contributed by atoms with E-state index in [1.54, 1.807) is 0 Å². The van der Waals surface area contributed by atoms with Crippen molar-refractivity contribution in [2.75, 3.05) is 13.1 Å². The average molecular weight is 366 g/mol. The molecule has 1 fully saturated rings. The van der Waals surface area contributed by atoms with Crippen LogP contribution in [0, 0.1) is 26.7 Å². The van der Waals surface area contributed by atoms with E-state index in [2.05, 4.69) is 15.0 Å². The Morgan fingerprint density at radius 1 is 1.15 bits per heavy atom. The van der Waals surface area contributed by atoms with Gasteiger partial charge in [-0.25, -0.2) is 4.98 Å². The molecule has 2 aromatic heterocycles. The number of para-hydroxylation sites is 1. The summed E-state index contributed by atoms with van der Waals surface area (Å²) in [6.45, 7) is 9.62. The zero-order valence-electron chi connectivity index (χ0n) is 16.2. The molecule has 0 bridgehead atoms. The zero-order chi connectivity index (χ0) is 19.0. The Kier molecular flexibility index (Phi) is 4.83. The maximum absolute atomic E-state index is 12.9. The van der Waals surface area contributed by atoms with Crippen molar-refractivity contribution in [2.24, 2.45) is 5.92 Å². The topological polar surface area (TPSA) is 64.2 Å². The third kappa shape index (κ3) is 3.54. The van der Waals surface area contributed by atoms with Crippen molar-refractivity contribution in [1.29, 1.82) is 0 Å². The van der Waals surface area contributed by atoms with Gasteiger partial charge in [0.2, 0.25) is 0 Å². The summed E-state index contributed by atoms with van der Waals surface area (Å²) >= 11 is 0. The van der Waals surface area contributed by atoms with Crippen LogP contribution in [0.3, 0.4) is 0 Å². The van der Waals surface area contributed by atoms with E-state index in [1.807, 2.05) is 49.6 Å². The fourth-order valence-corrected chi connectivity index (χ4v) is 4.03. The summed E-state index contributed by atoms with van der Waals surface area (Å²) < 4.78 is 7.13. The van der Waals surface area contributed by atoms with Gasteiger partial charge in [0.1, 0.15) is 11.6 Å². The molecular weight excluding hydrogens is 340 g/mol. The van der Waals surface area contributed by atoms with Crippen LogP contribution in [0.4, 0.5) is 0 Å². The molecule has 6 nitrogen and oxygen atoms in total. The van der Waals surface area contributed by atoms with Crippen LogP contribution in [-0.4, -0.2) is 32.7 Å². The summed E-state index contributed by atoms with van der Waals surface area (Å²) in [5, 5.41) is 4.76. The number of aromatic nitrogens is 3. The van der Waals surface area contributed by atoms with Crippen molar-refractivity contribution >= 4 is 10.9 Å². The number of nitrogens with zero attached hydrogens (tertiary/aromatic N) is 4. The molecule has 1 saturated heterocycles. The summed E-state index contributed by atoms with van der Waals surface area (Å²) in [7, 11) is 0. The monoisotopic (exact) mass is 366 g/mol. The fraction of sp³-hybridized carbons (Fsp3) is 0.476. The highest BCUT2D eigenvalue weighted by atomic mass is 16.5. The molecule has 0 radical (unpaired) electrons. The molecule has 1 aromatic carbocycles. The number of rotatable bonds is 4. The first-order valence-corrected chi connectivity index (χ1v) is 9.63. The van der Waals surface area contributed by atoms with Crippen LogP contribution in [0.15, 0.2) is 33.6 Å². The number of likely N-dealkylation sites (tertiary alicyclic amines) is 1. The Bertz CT molecular complexity index is 993. The van der Waals surface area contributed by atoms with Gasteiger partial charge in [-0.05, 0) is 64.8 Å². The molecule has 142 valence electrons. The Labute approximate surface area is 158 Å². The van der Waals surface area contributed by atoms with Crippen LogP contribution in [0.1, 0.15) is 35.7 Å². The van der Waals surface area contributed by atoms with Crippen molar-refractivity contribution < 1.29 is 4.52 Å². The van der Waals surface area contributed by atoms with Gasteiger partial charge in [-0.1, -0.05) is 17.3 Å².